The number of amides is 1. The monoisotopic (exact) mass is 460 g/mol. The summed E-state index contributed by atoms with van der Waals surface area (Å²) in [5, 5.41) is 5.90. The van der Waals surface area contributed by atoms with Crippen LogP contribution in [0.3, 0.4) is 0 Å². The van der Waals surface area contributed by atoms with Gasteiger partial charge >= 0.3 is 0 Å². The second-order valence-corrected chi connectivity index (χ2v) is 6.41. The molecule has 0 radical (unpaired) electrons. The van der Waals surface area contributed by atoms with Crippen LogP contribution in [0.4, 0.5) is 5.69 Å². The van der Waals surface area contributed by atoms with Gasteiger partial charge in [0.15, 0.2) is 5.11 Å². The standard InChI is InChI=1S/C14H10BrIN2OS/c15-11-6-1-2-7-12(11)17-14(20)18-13(19)9-4-3-5-10(16)8-9/h1-8H,(H2,17,18,19,20). The zero-order chi connectivity index (χ0) is 14.5. The minimum Gasteiger partial charge on any atom is -0.331 e. The van der Waals surface area contributed by atoms with E-state index in [4.69, 9.17) is 12.2 Å². The Bertz CT molecular complexity index is 663. The fourth-order valence-corrected chi connectivity index (χ4v) is 2.65. The van der Waals surface area contributed by atoms with Crippen molar-refractivity contribution in [2.24, 2.45) is 0 Å². The largest absolute Gasteiger partial charge is 0.331 e. The Hall–Kier alpha value is -0.990. The number of anilines is 1. The van der Waals surface area contributed by atoms with Gasteiger partial charge in [0.25, 0.3) is 5.91 Å². The van der Waals surface area contributed by atoms with Crippen molar-refractivity contribution in [3.8, 4) is 0 Å². The predicted molar refractivity (Wildman–Crippen MR) is 97.0 cm³/mol. The third-order valence-electron chi connectivity index (χ3n) is 2.44. The molecule has 2 rings (SSSR count). The number of para-hydroxylation sites is 1. The van der Waals surface area contributed by atoms with E-state index >= 15 is 0 Å². The number of hydrogen-bond donors (Lipinski definition) is 2. The first-order chi connectivity index (χ1) is 9.56. The summed E-state index contributed by atoms with van der Waals surface area (Å²) >= 11 is 10.7. The molecule has 0 bridgehead atoms. The average Bonchev–Trinajstić information content (AvgIpc) is 2.41. The van der Waals surface area contributed by atoms with Crippen molar-refractivity contribution in [2.45, 2.75) is 0 Å². The van der Waals surface area contributed by atoms with E-state index < -0.39 is 0 Å². The summed E-state index contributed by atoms with van der Waals surface area (Å²) in [7, 11) is 0. The fourth-order valence-electron chi connectivity index (χ4n) is 1.52. The van der Waals surface area contributed by atoms with Crippen LogP contribution in [0, 0.1) is 3.57 Å². The van der Waals surface area contributed by atoms with Crippen molar-refractivity contribution in [3.63, 3.8) is 0 Å². The van der Waals surface area contributed by atoms with Gasteiger partial charge in [0, 0.05) is 13.6 Å². The Balaban J connectivity index is 2.02. The summed E-state index contributed by atoms with van der Waals surface area (Å²) in [6.45, 7) is 0. The van der Waals surface area contributed by atoms with Gasteiger partial charge in [-0.05, 0) is 81.1 Å². The van der Waals surface area contributed by atoms with Crippen LogP contribution in [0.5, 0.6) is 0 Å². The Labute approximate surface area is 144 Å². The number of thiocarbonyl (C=S) groups is 1. The summed E-state index contributed by atoms with van der Waals surface area (Å²) < 4.78 is 1.88. The summed E-state index contributed by atoms with van der Waals surface area (Å²) in [5.74, 6) is -0.229. The normalized spacial score (nSPS) is 9.90. The molecule has 0 aliphatic heterocycles. The Morgan fingerprint density at radius 3 is 2.60 bits per heavy atom. The van der Waals surface area contributed by atoms with Crippen molar-refractivity contribution in [1.82, 2.24) is 5.32 Å². The highest BCUT2D eigenvalue weighted by atomic mass is 127. The van der Waals surface area contributed by atoms with E-state index in [0.717, 1.165) is 13.7 Å². The number of rotatable bonds is 2. The van der Waals surface area contributed by atoms with Gasteiger partial charge < -0.3 is 5.32 Å². The van der Waals surface area contributed by atoms with Gasteiger partial charge in [-0.3, -0.25) is 10.1 Å². The lowest BCUT2D eigenvalue weighted by Gasteiger charge is -2.11. The molecular weight excluding hydrogens is 451 g/mol. The molecule has 0 atom stereocenters. The highest BCUT2D eigenvalue weighted by Gasteiger charge is 2.09. The number of carbonyl (C=O) groups is 1. The number of benzene rings is 2. The summed E-state index contributed by atoms with van der Waals surface area (Å²) in [6, 6.07) is 14.9. The van der Waals surface area contributed by atoms with E-state index in [1.165, 1.54) is 0 Å². The topological polar surface area (TPSA) is 41.1 Å². The minimum atomic E-state index is -0.229. The van der Waals surface area contributed by atoms with Gasteiger partial charge in [0.1, 0.15) is 0 Å². The van der Waals surface area contributed by atoms with Crippen LogP contribution >= 0.6 is 50.7 Å². The molecule has 2 aromatic carbocycles. The van der Waals surface area contributed by atoms with E-state index in [0.29, 0.717) is 5.56 Å². The van der Waals surface area contributed by atoms with Crippen LogP contribution in [0.1, 0.15) is 10.4 Å². The molecule has 20 heavy (non-hydrogen) atoms. The van der Waals surface area contributed by atoms with Crippen molar-refractivity contribution >= 4 is 67.4 Å². The SMILES string of the molecule is O=C(NC(=S)Nc1ccccc1Br)c1cccc(I)c1. The third-order valence-corrected chi connectivity index (χ3v) is 4.00. The molecule has 0 spiro atoms. The van der Waals surface area contributed by atoms with Crippen LogP contribution in [0.15, 0.2) is 53.0 Å². The summed E-state index contributed by atoms with van der Waals surface area (Å²) in [6.07, 6.45) is 0. The molecule has 3 nitrogen and oxygen atoms in total. The molecule has 0 saturated heterocycles. The Morgan fingerprint density at radius 1 is 1.15 bits per heavy atom. The molecule has 0 fully saturated rings. The molecule has 0 aliphatic rings. The smallest absolute Gasteiger partial charge is 0.257 e. The quantitative estimate of drug-likeness (QED) is 0.521. The lowest BCUT2D eigenvalue weighted by Crippen LogP contribution is -2.34. The minimum absolute atomic E-state index is 0.229. The van der Waals surface area contributed by atoms with Gasteiger partial charge in [-0.1, -0.05) is 18.2 Å². The molecule has 2 N–H and O–H groups in total. The number of carbonyl (C=O) groups excluding carboxylic acids is 1. The second kappa shape index (κ2) is 7.14. The Kier molecular flexibility index (Phi) is 5.50. The molecule has 1 amide bonds. The van der Waals surface area contributed by atoms with E-state index in [9.17, 15) is 4.79 Å². The molecule has 0 aromatic heterocycles. The van der Waals surface area contributed by atoms with Gasteiger partial charge in [0.05, 0.1) is 5.69 Å². The van der Waals surface area contributed by atoms with Crippen LogP contribution in [0.25, 0.3) is 0 Å². The van der Waals surface area contributed by atoms with Crippen molar-refractivity contribution in [2.75, 3.05) is 5.32 Å². The molecule has 0 saturated carbocycles. The summed E-state index contributed by atoms with van der Waals surface area (Å²) in [5.41, 5.74) is 1.38. The molecular formula is C14H10BrIN2OS. The first-order valence-corrected chi connectivity index (χ1v) is 7.96. The zero-order valence-corrected chi connectivity index (χ0v) is 14.8. The molecule has 2 aromatic rings. The van der Waals surface area contributed by atoms with Crippen LogP contribution in [0.2, 0.25) is 0 Å². The molecule has 0 aliphatic carbocycles. The maximum absolute atomic E-state index is 12.0. The molecule has 0 unspecified atom stereocenters. The number of hydrogen-bond acceptors (Lipinski definition) is 2. The van der Waals surface area contributed by atoms with Crippen molar-refractivity contribution < 1.29 is 4.79 Å². The lowest BCUT2D eigenvalue weighted by atomic mass is 10.2. The van der Waals surface area contributed by atoms with E-state index in [2.05, 4.69) is 49.2 Å². The maximum Gasteiger partial charge on any atom is 0.257 e. The summed E-state index contributed by atoms with van der Waals surface area (Å²) in [4.78, 5) is 12.0. The van der Waals surface area contributed by atoms with Gasteiger partial charge in [-0.2, -0.15) is 0 Å². The van der Waals surface area contributed by atoms with Crippen molar-refractivity contribution in [1.29, 1.82) is 0 Å². The maximum atomic E-state index is 12.0. The predicted octanol–water partition coefficient (Wildman–Crippen LogP) is 4.18. The van der Waals surface area contributed by atoms with E-state index in [1.54, 1.807) is 12.1 Å². The van der Waals surface area contributed by atoms with Gasteiger partial charge in [-0.25, -0.2) is 0 Å². The average molecular weight is 461 g/mol. The van der Waals surface area contributed by atoms with Crippen LogP contribution in [-0.2, 0) is 0 Å². The van der Waals surface area contributed by atoms with Crippen LogP contribution in [-0.4, -0.2) is 11.0 Å². The number of halogens is 2. The van der Waals surface area contributed by atoms with Gasteiger partial charge in [-0.15, -0.1) is 0 Å². The molecule has 0 heterocycles. The van der Waals surface area contributed by atoms with Crippen molar-refractivity contribution in [3.05, 3.63) is 62.1 Å². The Morgan fingerprint density at radius 2 is 1.90 bits per heavy atom. The van der Waals surface area contributed by atoms with Gasteiger partial charge in [0.2, 0.25) is 0 Å². The van der Waals surface area contributed by atoms with Crippen LogP contribution < -0.4 is 10.6 Å². The van der Waals surface area contributed by atoms with E-state index in [1.807, 2.05) is 36.4 Å². The highest BCUT2D eigenvalue weighted by molar-refractivity contribution is 14.1. The molecule has 6 heteroatoms. The molecule has 102 valence electrons. The van der Waals surface area contributed by atoms with E-state index in [-0.39, 0.29) is 11.0 Å². The second-order valence-electron chi connectivity index (χ2n) is 3.90. The lowest BCUT2D eigenvalue weighted by molar-refractivity contribution is 0.0977. The third kappa shape index (κ3) is 4.26. The zero-order valence-electron chi connectivity index (χ0n) is 10.2. The fraction of sp³-hybridized carbons (Fsp3) is 0. The number of nitrogens with one attached hydrogen (secondary N) is 2. The highest BCUT2D eigenvalue weighted by Crippen LogP contribution is 2.20. The first-order valence-electron chi connectivity index (χ1n) is 5.68. The first kappa shape index (κ1) is 15.4.